The van der Waals surface area contributed by atoms with Crippen molar-refractivity contribution >= 4 is 23.2 Å². The summed E-state index contributed by atoms with van der Waals surface area (Å²) < 4.78 is 13.2. The highest BCUT2D eigenvalue weighted by atomic mass is 35.5. The molecule has 1 N–H and O–H groups in total. The van der Waals surface area contributed by atoms with Crippen LogP contribution in [0.1, 0.15) is 30.5 Å². The molecule has 21 heavy (non-hydrogen) atoms. The van der Waals surface area contributed by atoms with E-state index < -0.39 is 0 Å². The maximum Gasteiger partial charge on any atom is 0.124 e. The van der Waals surface area contributed by atoms with Gasteiger partial charge in [-0.05, 0) is 54.8 Å². The van der Waals surface area contributed by atoms with Gasteiger partial charge >= 0.3 is 0 Å². The second-order valence-electron chi connectivity index (χ2n) is 5.01. The second-order valence-corrected chi connectivity index (χ2v) is 5.85. The predicted molar refractivity (Wildman–Crippen MR) is 87.6 cm³/mol. The van der Waals surface area contributed by atoms with Gasteiger partial charge in [0, 0.05) is 16.1 Å². The monoisotopic (exact) mass is 325 g/mol. The van der Waals surface area contributed by atoms with Crippen molar-refractivity contribution in [3.05, 3.63) is 69.5 Å². The van der Waals surface area contributed by atoms with Gasteiger partial charge in [-0.15, -0.1) is 0 Å². The minimum Gasteiger partial charge on any atom is -0.310 e. The number of benzene rings is 2. The average Bonchev–Trinajstić information content (AvgIpc) is 2.44. The van der Waals surface area contributed by atoms with Gasteiger partial charge in [-0.3, -0.25) is 0 Å². The van der Waals surface area contributed by atoms with Crippen molar-refractivity contribution in [3.63, 3.8) is 0 Å². The minimum absolute atomic E-state index is 0.0384. The van der Waals surface area contributed by atoms with Crippen molar-refractivity contribution in [1.82, 2.24) is 5.32 Å². The van der Waals surface area contributed by atoms with Gasteiger partial charge in [-0.1, -0.05) is 48.3 Å². The summed E-state index contributed by atoms with van der Waals surface area (Å²) in [5, 5.41) is 4.63. The highest BCUT2D eigenvalue weighted by Gasteiger charge is 2.15. The Balaban J connectivity index is 2.25. The van der Waals surface area contributed by atoms with Crippen LogP contribution in [0, 0.1) is 5.82 Å². The van der Waals surface area contributed by atoms with Crippen LogP contribution in [0.15, 0.2) is 42.5 Å². The lowest BCUT2D eigenvalue weighted by Crippen LogP contribution is -2.24. The fourth-order valence-corrected chi connectivity index (χ4v) is 2.81. The van der Waals surface area contributed by atoms with Crippen molar-refractivity contribution in [2.45, 2.75) is 25.8 Å². The fraction of sp³-hybridized carbons (Fsp3) is 0.294. The van der Waals surface area contributed by atoms with Crippen LogP contribution in [0.3, 0.4) is 0 Å². The van der Waals surface area contributed by atoms with E-state index in [2.05, 4.69) is 12.2 Å². The van der Waals surface area contributed by atoms with E-state index in [0.29, 0.717) is 10.0 Å². The summed E-state index contributed by atoms with van der Waals surface area (Å²) >= 11 is 12.2. The Hall–Kier alpha value is -1.09. The van der Waals surface area contributed by atoms with Crippen molar-refractivity contribution in [3.8, 4) is 0 Å². The Morgan fingerprint density at radius 3 is 2.62 bits per heavy atom. The maximum absolute atomic E-state index is 13.2. The zero-order valence-corrected chi connectivity index (χ0v) is 13.4. The van der Waals surface area contributed by atoms with E-state index in [0.717, 1.165) is 30.5 Å². The highest BCUT2D eigenvalue weighted by Crippen LogP contribution is 2.27. The molecule has 2 aromatic carbocycles. The van der Waals surface area contributed by atoms with E-state index in [4.69, 9.17) is 23.2 Å². The zero-order valence-electron chi connectivity index (χ0n) is 11.9. The molecular weight excluding hydrogens is 308 g/mol. The molecule has 0 amide bonds. The number of hydrogen-bond acceptors (Lipinski definition) is 1. The normalized spacial score (nSPS) is 12.4. The third-order valence-corrected chi connectivity index (χ3v) is 3.87. The zero-order chi connectivity index (χ0) is 15.2. The van der Waals surface area contributed by atoms with Crippen LogP contribution in [0.25, 0.3) is 0 Å². The molecular formula is C17H18Cl2FN. The lowest BCUT2D eigenvalue weighted by Gasteiger charge is -2.20. The molecule has 1 atom stereocenters. The highest BCUT2D eigenvalue weighted by molar-refractivity contribution is 6.31. The number of halogens is 3. The molecule has 0 aliphatic carbocycles. The largest absolute Gasteiger partial charge is 0.310 e. The molecule has 0 radical (unpaired) electrons. The molecule has 0 saturated carbocycles. The topological polar surface area (TPSA) is 12.0 Å². The molecule has 1 unspecified atom stereocenters. The Bertz CT molecular complexity index is 601. The van der Waals surface area contributed by atoms with Crippen molar-refractivity contribution in [1.29, 1.82) is 0 Å². The molecule has 4 heteroatoms. The lowest BCUT2D eigenvalue weighted by molar-refractivity contribution is 0.528. The number of hydrogen-bond donors (Lipinski definition) is 1. The van der Waals surface area contributed by atoms with E-state index in [1.807, 2.05) is 24.3 Å². The molecule has 2 aromatic rings. The second kappa shape index (κ2) is 7.79. The van der Waals surface area contributed by atoms with E-state index in [9.17, 15) is 4.39 Å². The average molecular weight is 326 g/mol. The molecule has 0 heterocycles. The fourth-order valence-electron chi connectivity index (χ4n) is 2.29. The molecule has 0 aliphatic heterocycles. The van der Waals surface area contributed by atoms with Crippen LogP contribution in [-0.2, 0) is 6.42 Å². The van der Waals surface area contributed by atoms with Gasteiger partial charge in [0.1, 0.15) is 5.82 Å². The van der Waals surface area contributed by atoms with E-state index in [1.54, 1.807) is 6.07 Å². The van der Waals surface area contributed by atoms with Gasteiger partial charge < -0.3 is 5.32 Å². The summed E-state index contributed by atoms with van der Waals surface area (Å²) in [7, 11) is 0. The van der Waals surface area contributed by atoms with Gasteiger partial charge in [-0.25, -0.2) is 4.39 Å². The first-order valence-electron chi connectivity index (χ1n) is 7.03. The molecule has 0 fully saturated rings. The first kappa shape index (κ1) is 16.3. The van der Waals surface area contributed by atoms with Gasteiger partial charge in [0.2, 0.25) is 0 Å². The Morgan fingerprint density at radius 2 is 1.95 bits per heavy atom. The van der Waals surface area contributed by atoms with Crippen molar-refractivity contribution in [2.75, 3.05) is 6.54 Å². The summed E-state index contributed by atoms with van der Waals surface area (Å²) in [6.45, 7) is 2.98. The molecule has 2 rings (SSSR count). The summed E-state index contributed by atoms with van der Waals surface area (Å²) in [4.78, 5) is 0. The molecule has 0 aromatic heterocycles. The Labute approximate surface area is 135 Å². The SMILES string of the molecule is CCCNC(Cc1cccc(Cl)c1)c1ccc(F)cc1Cl. The van der Waals surface area contributed by atoms with Gasteiger partial charge in [0.25, 0.3) is 0 Å². The smallest absolute Gasteiger partial charge is 0.124 e. The molecule has 1 nitrogen and oxygen atoms in total. The summed E-state index contributed by atoms with van der Waals surface area (Å²) in [5.41, 5.74) is 2.03. The minimum atomic E-state index is -0.319. The number of rotatable bonds is 6. The maximum atomic E-state index is 13.2. The molecule has 112 valence electrons. The molecule has 0 aliphatic rings. The number of nitrogens with one attached hydrogen (secondary N) is 1. The Morgan fingerprint density at radius 1 is 1.14 bits per heavy atom. The third kappa shape index (κ3) is 4.70. The van der Waals surface area contributed by atoms with Crippen LogP contribution >= 0.6 is 23.2 Å². The summed E-state index contributed by atoms with van der Waals surface area (Å²) in [6, 6.07) is 12.3. The van der Waals surface area contributed by atoms with E-state index >= 15 is 0 Å². The van der Waals surface area contributed by atoms with Gasteiger partial charge in [0.15, 0.2) is 0 Å². The molecule has 0 bridgehead atoms. The lowest BCUT2D eigenvalue weighted by atomic mass is 9.98. The van der Waals surface area contributed by atoms with Crippen LogP contribution in [0.4, 0.5) is 4.39 Å². The van der Waals surface area contributed by atoms with Crippen LogP contribution < -0.4 is 5.32 Å². The molecule has 0 spiro atoms. The van der Waals surface area contributed by atoms with Crippen molar-refractivity contribution < 1.29 is 4.39 Å². The summed E-state index contributed by atoms with van der Waals surface area (Å²) in [5.74, 6) is -0.319. The quantitative estimate of drug-likeness (QED) is 0.748. The third-order valence-electron chi connectivity index (χ3n) is 3.31. The standard InChI is InChI=1S/C17H18Cl2FN/c1-2-8-21-17(10-12-4-3-5-13(18)9-12)15-7-6-14(20)11-16(15)19/h3-7,9,11,17,21H,2,8,10H2,1H3. The summed E-state index contributed by atoms with van der Waals surface area (Å²) in [6.07, 6.45) is 1.77. The van der Waals surface area contributed by atoms with Crippen LogP contribution in [0.2, 0.25) is 10.0 Å². The Kier molecular flexibility index (Phi) is 6.04. The van der Waals surface area contributed by atoms with E-state index in [-0.39, 0.29) is 11.9 Å². The first-order valence-corrected chi connectivity index (χ1v) is 7.78. The van der Waals surface area contributed by atoms with Crippen LogP contribution in [0.5, 0.6) is 0 Å². The van der Waals surface area contributed by atoms with Crippen molar-refractivity contribution in [2.24, 2.45) is 0 Å². The first-order chi connectivity index (χ1) is 10.1. The van der Waals surface area contributed by atoms with Gasteiger partial charge in [-0.2, -0.15) is 0 Å². The predicted octanol–water partition coefficient (Wildman–Crippen LogP) is 5.42. The van der Waals surface area contributed by atoms with E-state index in [1.165, 1.54) is 12.1 Å². The van der Waals surface area contributed by atoms with Gasteiger partial charge in [0.05, 0.1) is 0 Å². The molecule has 0 saturated heterocycles. The van der Waals surface area contributed by atoms with Crippen LogP contribution in [-0.4, -0.2) is 6.54 Å².